The third-order valence-electron chi connectivity index (χ3n) is 2.64. The van der Waals surface area contributed by atoms with Crippen LogP contribution in [0.1, 0.15) is 5.56 Å². The second-order valence-corrected chi connectivity index (χ2v) is 3.95. The van der Waals surface area contributed by atoms with Crippen LogP contribution in [0.4, 0.5) is 5.69 Å². The van der Waals surface area contributed by atoms with E-state index in [0.717, 1.165) is 31.2 Å². The summed E-state index contributed by atoms with van der Waals surface area (Å²) in [6, 6.07) is 6.08. The van der Waals surface area contributed by atoms with Crippen molar-refractivity contribution in [3.63, 3.8) is 0 Å². The summed E-state index contributed by atoms with van der Waals surface area (Å²) in [5.74, 6) is 0. The molecule has 0 bridgehead atoms. The van der Waals surface area contributed by atoms with Gasteiger partial charge in [0, 0.05) is 36.9 Å². The van der Waals surface area contributed by atoms with E-state index in [0.29, 0.717) is 0 Å². The van der Waals surface area contributed by atoms with Crippen molar-refractivity contribution in [2.24, 2.45) is 0 Å². The van der Waals surface area contributed by atoms with Crippen LogP contribution in [-0.2, 0) is 0 Å². The van der Waals surface area contributed by atoms with Crippen LogP contribution < -0.4 is 10.2 Å². The van der Waals surface area contributed by atoms with E-state index in [1.165, 1.54) is 11.3 Å². The number of anilines is 1. The molecule has 0 saturated carbocycles. The summed E-state index contributed by atoms with van der Waals surface area (Å²) >= 11 is 6.08. The molecule has 1 fully saturated rings. The lowest BCUT2D eigenvalue weighted by molar-refractivity contribution is 0.578. The van der Waals surface area contributed by atoms with Crippen LogP contribution >= 0.6 is 11.6 Å². The van der Waals surface area contributed by atoms with Gasteiger partial charge in [-0.3, -0.25) is 0 Å². The Balaban J connectivity index is 2.26. The van der Waals surface area contributed by atoms with Crippen LogP contribution in [0, 0.1) is 6.92 Å². The van der Waals surface area contributed by atoms with Gasteiger partial charge in [0.1, 0.15) is 0 Å². The van der Waals surface area contributed by atoms with Crippen molar-refractivity contribution in [1.82, 2.24) is 5.32 Å². The first-order valence-corrected chi connectivity index (χ1v) is 5.30. The van der Waals surface area contributed by atoms with E-state index in [1.54, 1.807) is 0 Å². The lowest BCUT2D eigenvalue weighted by Crippen LogP contribution is -2.40. The van der Waals surface area contributed by atoms with E-state index >= 15 is 0 Å². The average molecular weight is 210 g/mol. The van der Waals surface area contributed by atoms with E-state index in [1.807, 2.05) is 12.1 Å². The summed E-state index contributed by atoms with van der Waals surface area (Å²) in [4.78, 5) is 2.36. The first kappa shape index (κ1) is 9.81. The normalized spacial score (nSPS) is 17.1. The fraction of sp³-hybridized carbons (Fsp3) is 0.455. The molecule has 0 N–H and O–H groups in total. The summed E-state index contributed by atoms with van der Waals surface area (Å²) < 4.78 is 0. The third-order valence-corrected chi connectivity index (χ3v) is 3.05. The second-order valence-electron chi connectivity index (χ2n) is 3.54. The first-order valence-electron chi connectivity index (χ1n) is 4.92. The molecule has 75 valence electrons. The van der Waals surface area contributed by atoms with Gasteiger partial charge < -0.3 is 4.90 Å². The molecule has 1 saturated heterocycles. The number of hydrogen-bond donors (Lipinski definition) is 0. The van der Waals surface area contributed by atoms with Crippen LogP contribution in [0.25, 0.3) is 0 Å². The van der Waals surface area contributed by atoms with Crippen molar-refractivity contribution in [3.8, 4) is 0 Å². The SMILES string of the molecule is Cc1c(Cl)cccc1N1CC[N]CC1. The van der Waals surface area contributed by atoms with Gasteiger partial charge in [-0.15, -0.1) is 0 Å². The van der Waals surface area contributed by atoms with Crippen LogP contribution in [0.15, 0.2) is 18.2 Å². The van der Waals surface area contributed by atoms with Crippen molar-refractivity contribution in [1.29, 1.82) is 0 Å². The van der Waals surface area contributed by atoms with Gasteiger partial charge in [-0.25, -0.2) is 5.32 Å². The molecule has 0 spiro atoms. The van der Waals surface area contributed by atoms with E-state index < -0.39 is 0 Å². The first-order chi connectivity index (χ1) is 6.79. The number of piperazine rings is 1. The molecule has 0 aliphatic carbocycles. The summed E-state index contributed by atoms with van der Waals surface area (Å²) in [6.07, 6.45) is 0. The van der Waals surface area contributed by atoms with Gasteiger partial charge in [-0.2, -0.15) is 0 Å². The van der Waals surface area contributed by atoms with Gasteiger partial charge in [0.2, 0.25) is 0 Å². The highest BCUT2D eigenvalue weighted by Gasteiger charge is 2.13. The molecule has 2 rings (SSSR count). The zero-order chi connectivity index (χ0) is 9.97. The quantitative estimate of drug-likeness (QED) is 0.692. The number of benzene rings is 1. The fourth-order valence-corrected chi connectivity index (χ4v) is 1.96. The Morgan fingerprint density at radius 2 is 2.00 bits per heavy atom. The van der Waals surface area contributed by atoms with Crippen molar-refractivity contribution in [2.75, 3.05) is 31.1 Å². The molecule has 14 heavy (non-hydrogen) atoms. The maximum atomic E-state index is 6.08. The minimum Gasteiger partial charge on any atom is -0.369 e. The minimum atomic E-state index is 0.852. The molecule has 0 atom stereocenters. The van der Waals surface area contributed by atoms with Crippen molar-refractivity contribution in [2.45, 2.75) is 6.92 Å². The maximum Gasteiger partial charge on any atom is 0.0455 e. The Labute approximate surface area is 89.9 Å². The molecule has 2 nitrogen and oxygen atoms in total. The van der Waals surface area contributed by atoms with Gasteiger partial charge in [0.25, 0.3) is 0 Å². The molecule has 0 aromatic heterocycles. The molecule has 1 aromatic rings. The lowest BCUT2D eigenvalue weighted by atomic mass is 10.1. The third kappa shape index (κ3) is 1.86. The summed E-state index contributed by atoms with van der Waals surface area (Å²) in [7, 11) is 0. The van der Waals surface area contributed by atoms with Crippen LogP contribution in [0.2, 0.25) is 5.02 Å². The predicted molar refractivity (Wildman–Crippen MR) is 60.3 cm³/mol. The lowest BCUT2D eigenvalue weighted by Gasteiger charge is -2.30. The molecule has 1 aliphatic rings. The van der Waals surface area contributed by atoms with E-state index in [9.17, 15) is 0 Å². The summed E-state index contributed by atoms with van der Waals surface area (Å²) in [6.45, 7) is 5.98. The molecular weight excluding hydrogens is 196 g/mol. The molecule has 1 heterocycles. The van der Waals surface area contributed by atoms with Crippen molar-refractivity contribution in [3.05, 3.63) is 28.8 Å². The molecule has 0 unspecified atom stereocenters. The summed E-state index contributed by atoms with van der Waals surface area (Å²) in [5.41, 5.74) is 2.43. The highest BCUT2D eigenvalue weighted by molar-refractivity contribution is 6.31. The van der Waals surface area contributed by atoms with Gasteiger partial charge >= 0.3 is 0 Å². The Bertz CT molecular complexity index is 319. The van der Waals surface area contributed by atoms with E-state index in [-0.39, 0.29) is 0 Å². The van der Waals surface area contributed by atoms with E-state index in [2.05, 4.69) is 23.2 Å². The Kier molecular flexibility index (Phi) is 2.94. The number of halogens is 1. The summed E-state index contributed by atoms with van der Waals surface area (Å²) in [5, 5.41) is 5.18. The van der Waals surface area contributed by atoms with Gasteiger partial charge in [0.05, 0.1) is 0 Å². The predicted octanol–water partition coefficient (Wildman–Crippen LogP) is 2.07. The minimum absolute atomic E-state index is 0.852. The standard InChI is InChI=1S/C11H14ClN2/c1-9-10(12)3-2-4-11(9)14-7-5-13-6-8-14/h2-4H,5-8H2,1H3. The zero-order valence-corrected chi connectivity index (χ0v) is 9.09. The topological polar surface area (TPSA) is 17.3 Å². The number of rotatable bonds is 1. The zero-order valence-electron chi connectivity index (χ0n) is 8.33. The van der Waals surface area contributed by atoms with Crippen LogP contribution in [0.3, 0.4) is 0 Å². The average Bonchev–Trinajstić information content (AvgIpc) is 2.23. The Morgan fingerprint density at radius 3 is 2.71 bits per heavy atom. The van der Waals surface area contributed by atoms with Crippen molar-refractivity contribution >= 4 is 17.3 Å². The molecule has 1 aromatic carbocycles. The van der Waals surface area contributed by atoms with Crippen LogP contribution in [-0.4, -0.2) is 26.2 Å². The number of nitrogens with zero attached hydrogens (tertiary/aromatic N) is 2. The molecular formula is C11H14ClN2. The number of hydrogen-bond acceptors (Lipinski definition) is 1. The Morgan fingerprint density at radius 1 is 1.29 bits per heavy atom. The molecule has 3 heteroatoms. The van der Waals surface area contributed by atoms with Crippen molar-refractivity contribution < 1.29 is 0 Å². The highest BCUT2D eigenvalue weighted by Crippen LogP contribution is 2.26. The molecule has 1 radical (unpaired) electrons. The molecule has 0 amide bonds. The Hall–Kier alpha value is -0.730. The maximum absolute atomic E-state index is 6.08. The van der Waals surface area contributed by atoms with Crippen LogP contribution in [0.5, 0.6) is 0 Å². The smallest absolute Gasteiger partial charge is 0.0455 e. The van der Waals surface area contributed by atoms with Gasteiger partial charge in [0.15, 0.2) is 0 Å². The monoisotopic (exact) mass is 209 g/mol. The van der Waals surface area contributed by atoms with Gasteiger partial charge in [-0.1, -0.05) is 17.7 Å². The molecule has 1 aliphatic heterocycles. The second kappa shape index (κ2) is 4.20. The highest BCUT2D eigenvalue weighted by atomic mass is 35.5. The van der Waals surface area contributed by atoms with Gasteiger partial charge in [-0.05, 0) is 24.6 Å². The van der Waals surface area contributed by atoms with E-state index in [4.69, 9.17) is 11.6 Å². The fourth-order valence-electron chi connectivity index (χ4n) is 1.79. The largest absolute Gasteiger partial charge is 0.369 e.